The molecule has 0 aliphatic heterocycles. The largest absolute Gasteiger partial charge is 0.497 e. The third-order valence-corrected chi connectivity index (χ3v) is 3.44. The van der Waals surface area contributed by atoms with Crippen LogP contribution in [0.5, 0.6) is 11.5 Å². The number of nitrogens with two attached hydrogens (primary N) is 1. The summed E-state index contributed by atoms with van der Waals surface area (Å²) in [5, 5.41) is 0.0441. The second kappa shape index (κ2) is 6.76. The van der Waals surface area contributed by atoms with Crippen LogP contribution in [0.3, 0.4) is 0 Å². The van der Waals surface area contributed by atoms with Gasteiger partial charge in [0.2, 0.25) is 0 Å². The van der Waals surface area contributed by atoms with E-state index in [0.717, 1.165) is 11.1 Å². The monoisotopic (exact) mass is 310 g/mol. The molecule has 3 N–H and O–H groups in total. The fraction of sp³-hybridized carbons (Fsp3) is 0.200. The maximum atomic E-state index is 13.3. The average Bonchev–Trinajstić information content (AvgIpc) is 2.51. The van der Waals surface area contributed by atoms with Gasteiger partial charge in [0, 0.05) is 6.07 Å². The van der Waals surface area contributed by atoms with E-state index in [9.17, 15) is 4.39 Å². The van der Waals surface area contributed by atoms with Gasteiger partial charge in [-0.3, -0.25) is 5.84 Å². The molecule has 0 fully saturated rings. The Balaban J connectivity index is 2.47. The molecule has 0 aromatic heterocycles. The van der Waals surface area contributed by atoms with E-state index in [1.807, 2.05) is 12.1 Å². The van der Waals surface area contributed by atoms with Crippen LogP contribution in [-0.2, 0) is 0 Å². The molecule has 0 bridgehead atoms. The molecule has 2 aromatic carbocycles. The number of hydrogen-bond acceptors (Lipinski definition) is 4. The molecule has 0 amide bonds. The molecule has 4 nitrogen and oxygen atoms in total. The molecule has 1 atom stereocenters. The highest BCUT2D eigenvalue weighted by Gasteiger charge is 2.16. The van der Waals surface area contributed by atoms with Crippen LogP contribution in [0.4, 0.5) is 4.39 Å². The molecule has 0 radical (unpaired) electrons. The van der Waals surface area contributed by atoms with E-state index < -0.39 is 5.82 Å². The van der Waals surface area contributed by atoms with E-state index in [-0.39, 0.29) is 11.1 Å². The zero-order valence-electron chi connectivity index (χ0n) is 11.7. The minimum atomic E-state index is -0.473. The van der Waals surface area contributed by atoms with Crippen molar-refractivity contribution in [1.82, 2.24) is 5.43 Å². The standard InChI is InChI=1S/C15H16ClFN2O2/c1-20-11-5-10(6-12(8-11)21-2)15(19-18)9-3-4-14(17)13(16)7-9/h3-8,15,19H,18H2,1-2H3. The van der Waals surface area contributed by atoms with Crippen molar-refractivity contribution >= 4 is 11.6 Å². The van der Waals surface area contributed by atoms with Crippen molar-refractivity contribution in [3.63, 3.8) is 0 Å². The summed E-state index contributed by atoms with van der Waals surface area (Å²) in [6.45, 7) is 0. The van der Waals surface area contributed by atoms with Gasteiger partial charge in [-0.05, 0) is 35.4 Å². The van der Waals surface area contributed by atoms with Crippen molar-refractivity contribution in [2.24, 2.45) is 5.84 Å². The summed E-state index contributed by atoms with van der Waals surface area (Å²) in [4.78, 5) is 0. The van der Waals surface area contributed by atoms with Crippen molar-refractivity contribution in [2.45, 2.75) is 6.04 Å². The predicted octanol–water partition coefficient (Wildman–Crippen LogP) is 3.05. The molecule has 0 heterocycles. The van der Waals surface area contributed by atoms with Crippen molar-refractivity contribution in [2.75, 3.05) is 14.2 Å². The van der Waals surface area contributed by atoms with Crippen molar-refractivity contribution < 1.29 is 13.9 Å². The first-order valence-electron chi connectivity index (χ1n) is 6.23. The van der Waals surface area contributed by atoms with Crippen molar-refractivity contribution in [3.05, 3.63) is 58.4 Å². The number of halogens is 2. The molecule has 0 spiro atoms. The van der Waals surface area contributed by atoms with Crippen LogP contribution in [-0.4, -0.2) is 14.2 Å². The SMILES string of the molecule is COc1cc(OC)cc(C(NN)c2ccc(F)c(Cl)c2)c1. The Kier molecular flexibility index (Phi) is 5.01. The number of hydrogen-bond donors (Lipinski definition) is 2. The molecule has 112 valence electrons. The van der Waals surface area contributed by atoms with E-state index in [0.29, 0.717) is 11.5 Å². The molecule has 0 saturated carbocycles. The van der Waals surface area contributed by atoms with Gasteiger partial charge < -0.3 is 9.47 Å². The lowest BCUT2D eigenvalue weighted by Crippen LogP contribution is -2.28. The fourth-order valence-corrected chi connectivity index (χ4v) is 2.26. The summed E-state index contributed by atoms with van der Waals surface area (Å²) in [6, 6.07) is 9.50. The molecule has 0 saturated heterocycles. The van der Waals surface area contributed by atoms with Gasteiger partial charge in [-0.15, -0.1) is 0 Å². The molecule has 0 aliphatic carbocycles. The van der Waals surface area contributed by atoms with Gasteiger partial charge in [0.05, 0.1) is 25.3 Å². The van der Waals surface area contributed by atoms with Gasteiger partial charge in [0.15, 0.2) is 0 Å². The van der Waals surface area contributed by atoms with E-state index in [4.69, 9.17) is 26.9 Å². The Morgan fingerprint density at radius 1 is 1.05 bits per heavy atom. The van der Waals surface area contributed by atoms with Crippen LogP contribution in [0.25, 0.3) is 0 Å². The Morgan fingerprint density at radius 3 is 2.14 bits per heavy atom. The number of hydrazine groups is 1. The van der Waals surface area contributed by atoms with Crippen LogP contribution in [0, 0.1) is 5.82 Å². The molecule has 1 unspecified atom stereocenters. The lowest BCUT2D eigenvalue weighted by atomic mass is 9.98. The van der Waals surface area contributed by atoms with Gasteiger partial charge in [0.25, 0.3) is 0 Å². The van der Waals surface area contributed by atoms with Crippen molar-refractivity contribution in [3.8, 4) is 11.5 Å². The van der Waals surface area contributed by atoms with Gasteiger partial charge in [0.1, 0.15) is 17.3 Å². The molecule has 6 heteroatoms. The molecular formula is C15H16ClFN2O2. The van der Waals surface area contributed by atoms with E-state index in [1.54, 1.807) is 26.4 Å². The topological polar surface area (TPSA) is 56.5 Å². The smallest absolute Gasteiger partial charge is 0.141 e. The first-order valence-corrected chi connectivity index (χ1v) is 6.61. The summed E-state index contributed by atoms with van der Waals surface area (Å²) in [7, 11) is 3.14. The van der Waals surface area contributed by atoms with Gasteiger partial charge in [-0.1, -0.05) is 17.7 Å². The summed E-state index contributed by atoms with van der Waals surface area (Å²) in [5.41, 5.74) is 4.24. The second-order valence-corrected chi connectivity index (χ2v) is 4.83. The van der Waals surface area contributed by atoms with Crippen LogP contribution < -0.4 is 20.7 Å². The Morgan fingerprint density at radius 2 is 1.67 bits per heavy atom. The number of nitrogens with one attached hydrogen (secondary N) is 1. The minimum Gasteiger partial charge on any atom is -0.497 e. The second-order valence-electron chi connectivity index (χ2n) is 4.42. The van der Waals surface area contributed by atoms with Crippen LogP contribution >= 0.6 is 11.6 Å². The normalized spacial score (nSPS) is 12.0. The summed E-state index contributed by atoms with van der Waals surface area (Å²) < 4.78 is 23.8. The highest BCUT2D eigenvalue weighted by molar-refractivity contribution is 6.30. The molecule has 0 aliphatic rings. The minimum absolute atomic E-state index is 0.0441. The maximum Gasteiger partial charge on any atom is 0.141 e. The first-order chi connectivity index (χ1) is 10.1. The quantitative estimate of drug-likeness (QED) is 0.658. The Bertz CT molecular complexity index is 615. The van der Waals surface area contributed by atoms with Crippen molar-refractivity contribution in [1.29, 1.82) is 0 Å². The van der Waals surface area contributed by atoms with E-state index in [1.165, 1.54) is 12.1 Å². The third kappa shape index (κ3) is 3.44. The number of methoxy groups -OCH3 is 2. The average molecular weight is 311 g/mol. The highest BCUT2D eigenvalue weighted by Crippen LogP contribution is 2.31. The predicted molar refractivity (Wildman–Crippen MR) is 80.1 cm³/mol. The van der Waals surface area contributed by atoms with Crippen LogP contribution in [0.2, 0.25) is 5.02 Å². The lowest BCUT2D eigenvalue weighted by Gasteiger charge is -2.19. The summed E-state index contributed by atoms with van der Waals surface area (Å²) >= 11 is 5.83. The Hall–Kier alpha value is -1.82. The number of rotatable bonds is 5. The third-order valence-electron chi connectivity index (χ3n) is 3.15. The Labute approximate surface area is 127 Å². The first kappa shape index (κ1) is 15.6. The van der Waals surface area contributed by atoms with Gasteiger partial charge >= 0.3 is 0 Å². The molecule has 21 heavy (non-hydrogen) atoms. The van der Waals surface area contributed by atoms with Gasteiger partial charge in [-0.25, -0.2) is 9.82 Å². The van der Waals surface area contributed by atoms with Gasteiger partial charge in [-0.2, -0.15) is 0 Å². The van der Waals surface area contributed by atoms with E-state index >= 15 is 0 Å². The molecule has 2 aromatic rings. The van der Waals surface area contributed by atoms with Crippen LogP contribution in [0.1, 0.15) is 17.2 Å². The molecule has 2 rings (SSSR count). The zero-order valence-corrected chi connectivity index (χ0v) is 12.4. The number of ether oxygens (including phenoxy) is 2. The zero-order chi connectivity index (χ0) is 15.4. The van der Waals surface area contributed by atoms with Crippen LogP contribution in [0.15, 0.2) is 36.4 Å². The summed E-state index contributed by atoms with van der Waals surface area (Å²) in [5.74, 6) is 6.44. The fourth-order valence-electron chi connectivity index (χ4n) is 2.07. The summed E-state index contributed by atoms with van der Waals surface area (Å²) in [6.07, 6.45) is 0. The number of benzene rings is 2. The lowest BCUT2D eigenvalue weighted by molar-refractivity contribution is 0.392. The van der Waals surface area contributed by atoms with E-state index in [2.05, 4.69) is 5.43 Å². The molecular weight excluding hydrogens is 295 g/mol. The maximum absolute atomic E-state index is 13.3. The highest BCUT2D eigenvalue weighted by atomic mass is 35.5.